The lowest BCUT2D eigenvalue weighted by molar-refractivity contribution is -0.384. The first-order valence-electron chi connectivity index (χ1n) is 6.95. The summed E-state index contributed by atoms with van der Waals surface area (Å²) in [7, 11) is 0. The van der Waals surface area contributed by atoms with Crippen molar-refractivity contribution in [3.63, 3.8) is 0 Å². The first-order valence-corrected chi connectivity index (χ1v) is 9.03. The number of hydrogen-bond donors (Lipinski definition) is 1. The number of non-ortho nitro benzene ring substituents is 1. The molecule has 1 aromatic carbocycles. The van der Waals surface area contributed by atoms with E-state index in [2.05, 4.69) is 10.3 Å². The van der Waals surface area contributed by atoms with Gasteiger partial charge in [0.1, 0.15) is 4.34 Å². The Labute approximate surface area is 155 Å². The van der Waals surface area contributed by atoms with Crippen molar-refractivity contribution in [1.29, 1.82) is 0 Å². The van der Waals surface area contributed by atoms with Crippen molar-refractivity contribution >= 4 is 62.6 Å². The monoisotopic (exact) mass is 391 g/mol. The largest absolute Gasteiger partial charge is 0.298 e. The molecule has 0 aliphatic carbocycles. The zero-order valence-electron chi connectivity index (χ0n) is 12.5. The van der Waals surface area contributed by atoms with Gasteiger partial charge in [-0.15, -0.1) is 11.3 Å². The summed E-state index contributed by atoms with van der Waals surface area (Å²) in [6, 6.07) is 9.58. The number of nitrogens with one attached hydrogen (secondary N) is 1. The van der Waals surface area contributed by atoms with Crippen LogP contribution in [0.1, 0.15) is 10.4 Å². The Bertz CT molecular complexity index is 934. The summed E-state index contributed by atoms with van der Waals surface area (Å²) in [5.74, 6) is -0.367. The molecule has 1 amide bonds. The van der Waals surface area contributed by atoms with Gasteiger partial charge < -0.3 is 0 Å². The smallest absolute Gasteiger partial charge is 0.269 e. The average Bonchev–Trinajstić information content (AvgIpc) is 3.24. The predicted molar refractivity (Wildman–Crippen MR) is 101 cm³/mol. The maximum absolute atomic E-state index is 12.7. The van der Waals surface area contributed by atoms with Gasteiger partial charge in [0.05, 0.1) is 11.1 Å². The number of carbonyl (C=O) groups excluding carboxylic acids is 1. The molecule has 0 aliphatic rings. The lowest BCUT2D eigenvalue weighted by atomic mass is 10.0. The van der Waals surface area contributed by atoms with Gasteiger partial charge in [-0.1, -0.05) is 29.0 Å². The van der Waals surface area contributed by atoms with Crippen LogP contribution < -0.4 is 5.32 Å². The van der Waals surface area contributed by atoms with Gasteiger partial charge in [0.25, 0.3) is 11.6 Å². The maximum atomic E-state index is 12.7. The molecular formula is C16H10ClN3O3S2. The summed E-state index contributed by atoms with van der Waals surface area (Å²) in [4.78, 5) is 27.9. The quantitative estimate of drug-likeness (QED) is 0.379. The number of halogens is 1. The lowest BCUT2D eigenvalue weighted by Crippen LogP contribution is -2.13. The van der Waals surface area contributed by atoms with E-state index in [1.807, 2.05) is 17.5 Å². The third kappa shape index (κ3) is 4.30. The molecule has 126 valence electrons. The average molecular weight is 392 g/mol. The van der Waals surface area contributed by atoms with Gasteiger partial charge in [-0.2, -0.15) is 0 Å². The number of benzene rings is 1. The Morgan fingerprint density at radius 2 is 2.04 bits per heavy atom. The van der Waals surface area contributed by atoms with E-state index in [-0.39, 0.29) is 11.6 Å². The van der Waals surface area contributed by atoms with Crippen molar-refractivity contribution < 1.29 is 9.72 Å². The molecule has 3 rings (SSSR count). The molecule has 1 N–H and O–H groups in total. The second-order valence-electron chi connectivity index (χ2n) is 4.80. The summed E-state index contributed by atoms with van der Waals surface area (Å²) >= 11 is 8.47. The summed E-state index contributed by atoms with van der Waals surface area (Å²) in [5.41, 5.74) is 0.911. The molecule has 0 atom stereocenters. The van der Waals surface area contributed by atoms with E-state index in [1.165, 1.54) is 29.7 Å². The molecule has 25 heavy (non-hydrogen) atoms. The fourth-order valence-electron chi connectivity index (χ4n) is 2.04. The third-order valence-electron chi connectivity index (χ3n) is 3.16. The van der Waals surface area contributed by atoms with Crippen LogP contribution in [0.4, 0.5) is 10.8 Å². The zero-order valence-corrected chi connectivity index (χ0v) is 14.9. The number of rotatable bonds is 5. The fourth-order valence-corrected chi connectivity index (χ4v) is 3.50. The number of thiazole rings is 1. The number of aromatic nitrogens is 1. The molecule has 6 nitrogen and oxygen atoms in total. The van der Waals surface area contributed by atoms with Crippen LogP contribution in [0.5, 0.6) is 0 Å². The van der Waals surface area contributed by atoms with E-state index < -0.39 is 4.92 Å². The van der Waals surface area contributed by atoms with Crippen LogP contribution >= 0.6 is 34.3 Å². The standard InChI is InChI=1S/C16H10ClN3O3S2/c17-14-9-18-16(25-14)19-15(21)13(8-12-2-1-7-24-12)10-3-5-11(6-4-10)20(22)23/h1-9H,(H,18,19,21). The van der Waals surface area contributed by atoms with E-state index in [1.54, 1.807) is 18.2 Å². The lowest BCUT2D eigenvalue weighted by Gasteiger charge is -2.07. The molecule has 2 aromatic heterocycles. The van der Waals surface area contributed by atoms with Gasteiger partial charge in [0, 0.05) is 22.6 Å². The van der Waals surface area contributed by atoms with Gasteiger partial charge in [0.2, 0.25) is 0 Å². The molecule has 0 saturated heterocycles. The van der Waals surface area contributed by atoms with Crippen LogP contribution in [0.3, 0.4) is 0 Å². The van der Waals surface area contributed by atoms with Gasteiger partial charge in [0.15, 0.2) is 5.13 Å². The van der Waals surface area contributed by atoms with E-state index >= 15 is 0 Å². The van der Waals surface area contributed by atoms with Gasteiger partial charge in [-0.3, -0.25) is 20.2 Å². The molecule has 0 aliphatic heterocycles. The van der Waals surface area contributed by atoms with Crippen LogP contribution in [0, 0.1) is 10.1 Å². The van der Waals surface area contributed by atoms with Gasteiger partial charge in [-0.25, -0.2) is 4.98 Å². The second kappa shape index (κ2) is 7.56. The second-order valence-corrected chi connectivity index (χ2v) is 7.44. The first-order chi connectivity index (χ1) is 12.0. The number of amides is 1. The van der Waals surface area contributed by atoms with Crippen molar-refractivity contribution in [3.8, 4) is 0 Å². The van der Waals surface area contributed by atoms with E-state index in [4.69, 9.17) is 11.6 Å². The van der Waals surface area contributed by atoms with Crippen molar-refractivity contribution in [2.45, 2.75) is 0 Å². The minimum atomic E-state index is -0.482. The topological polar surface area (TPSA) is 85.1 Å². The Morgan fingerprint density at radius 3 is 2.60 bits per heavy atom. The molecule has 0 radical (unpaired) electrons. The summed E-state index contributed by atoms with van der Waals surface area (Å²) in [5, 5.41) is 15.8. The van der Waals surface area contributed by atoms with Crippen LogP contribution in [0.25, 0.3) is 11.6 Å². The van der Waals surface area contributed by atoms with E-state index in [0.717, 1.165) is 16.2 Å². The SMILES string of the molecule is O=C(Nc1ncc(Cl)s1)C(=Cc1cccs1)c1ccc([N+](=O)[O-])cc1. The molecule has 3 aromatic rings. The zero-order chi connectivity index (χ0) is 17.8. The highest BCUT2D eigenvalue weighted by Gasteiger charge is 2.16. The van der Waals surface area contributed by atoms with Crippen molar-refractivity contribution in [2.24, 2.45) is 0 Å². The fraction of sp³-hybridized carbons (Fsp3) is 0. The van der Waals surface area contributed by atoms with Crippen molar-refractivity contribution in [2.75, 3.05) is 5.32 Å². The number of nitrogens with zero attached hydrogens (tertiary/aromatic N) is 2. The maximum Gasteiger partial charge on any atom is 0.269 e. The minimum Gasteiger partial charge on any atom is -0.298 e. The number of nitro groups is 1. The summed E-state index contributed by atoms with van der Waals surface area (Å²) < 4.78 is 0.467. The van der Waals surface area contributed by atoms with Crippen molar-refractivity contribution in [1.82, 2.24) is 4.98 Å². The van der Waals surface area contributed by atoms with Crippen LogP contribution in [0.15, 0.2) is 48.0 Å². The van der Waals surface area contributed by atoms with E-state index in [0.29, 0.717) is 20.6 Å². The Balaban J connectivity index is 1.94. The normalized spacial score (nSPS) is 11.3. The number of hydrogen-bond acceptors (Lipinski definition) is 6. The predicted octanol–water partition coefficient (Wildman–Crippen LogP) is 4.95. The molecule has 2 heterocycles. The molecular weight excluding hydrogens is 382 g/mol. The molecule has 0 spiro atoms. The first kappa shape index (κ1) is 17.3. The number of thiophene rings is 1. The number of carbonyl (C=O) groups is 1. The Morgan fingerprint density at radius 1 is 1.28 bits per heavy atom. The summed E-state index contributed by atoms with van der Waals surface area (Å²) in [6.07, 6.45) is 3.19. The molecule has 0 fully saturated rings. The molecule has 9 heteroatoms. The van der Waals surface area contributed by atoms with Gasteiger partial charge >= 0.3 is 0 Å². The van der Waals surface area contributed by atoms with E-state index in [9.17, 15) is 14.9 Å². The molecule has 0 saturated carbocycles. The highest BCUT2D eigenvalue weighted by molar-refractivity contribution is 7.19. The molecule has 0 bridgehead atoms. The van der Waals surface area contributed by atoms with Gasteiger partial charge in [-0.05, 0) is 35.2 Å². The highest BCUT2D eigenvalue weighted by Crippen LogP contribution is 2.27. The number of nitro benzene ring substituents is 1. The number of anilines is 1. The van der Waals surface area contributed by atoms with Crippen LogP contribution in [-0.4, -0.2) is 15.8 Å². The summed E-state index contributed by atoms with van der Waals surface area (Å²) in [6.45, 7) is 0. The van der Waals surface area contributed by atoms with Crippen LogP contribution in [0.2, 0.25) is 4.34 Å². The minimum absolute atomic E-state index is 0.0358. The van der Waals surface area contributed by atoms with Crippen molar-refractivity contribution in [3.05, 3.63) is 72.9 Å². The third-order valence-corrected chi connectivity index (χ3v) is 5.01. The van der Waals surface area contributed by atoms with Crippen LogP contribution in [-0.2, 0) is 4.79 Å². The Kier molecular flexibility index (Phi) is 5.22. The Hall–Kier alpha value is -2.55. The molecule has 0 unspecified atom stereocenters. The highest BCUT2D eigenvalue weighted by atomic mass is 35.5.